The molecule has 1 amide bonds. The number of hydrogen-bond donors (Lipinski definition) is 0. The predicted octanol–water partition coefficient (Wildman–Crippen LogP) is 3.32. The lowest BCUT2D eigenvalue weighted by Gasteiger charge is -2.27. The highest BCUT2D eigenvalue weighted by Crippen LogP contribution is 2.24. The fourth-order valence-electron chi connectivity index (χ4n) is 2.25. The molecule has 1 unspecified atom stereocenters. The molecule has 1 aliphatic rings. The predicted molar refractivity (Wildman–Crippen MR) is 65.8 cm³/mol. The molecule has 1 aliphatic heterocycles. The SMILES string of the molecule is C.CC(C)CC1CCCN1C(=O)C(C)C. The molecule has 1 saturated heterocycles. The van der Waals surface area contributed by atoms with Crippen molar-refractivity contribution in [3.05, 3.63) is 0 Å². The Morgan fingerprint density at radius 2 is 1.93 bits per heavy atom. The lowest BCUT2D eigenvalue weighted by atomic mass is 10.0. The molecular formula is C13H27NO. The number of carbonyl (C=O) groups is 1. The number of carbonyl (C=O) groups excluding carboxylic acids is 1. The summed E-state index contributed by atoms with van der Waals surface area (Å²) >= 11 is 0. The van der Waals surface area contributed by atoms with Gasteiger partial charge in [0.25, 0.3) is 0 Å². The van der Waals surface area contributed by atoms with Gasteiger partial charge in [0.05, 0.1) is 0 Å². The minimum absolute atomic E-state index is 0. The van der Waals surface area contributed by atoms with Gasteiger partial charge in [0.15, 0.2) is 0 Å². The molecule has 0 N–H and O–H groups in total. The Bertz CT molecular complexity index is 199. The molecule has 0 bridgehead atoms. The van der Waals surface area contributed by atoms with Crippen molar-refractivity contribution in [2.45, 2.75) is 60.4 Å². The second-order valence-corrected chi connectivity index (χ2v) is 5.11. The van der Waals surface area contributed by atoms with Crippen molar-refractivity contribution in [1.29, 1.82) is 0 Å². The van der Waals surface area contributed by atoms with Crippen LogP contribution in [0.5, 0.6) is 0 Å². The van der Waals surface area contributed by atoms with Crippen molar-refractivity contribution in [2.75, 3.05) is 6.54 Å². The van der Waals surface area contributed by atoms with E-state index in [1.807, 2.05) is 13.8 Å². The van der Waals surface area contributed by atoms with Gasteiger partial charge in [0.2, 0.25) is 5.91 Å². The van der Waals surface area contributed by atoms with Gasteiger partial charge in [-0.25, -0.2) is 0 Å². The van der Waals surface area contributed by atoms with Crippen LogP contribution in [0, 0.1) is 11.8 Å². The molecular weight excluding hydrogens is 186 g/mol. The molecule has 2 heteroatoms. The molecule has 1 rings (SSSR count). The van der Waals surface area contributed by atoms with Crippen LogP contribution >= 0.6 is 0 Å². The highest BCUT2D eigenvalue weighted by molar-refractivity contribution is 5.78. The van der Waals surface area contributed by atoms with Gasteiger partial charge < -0.3 is 4.90 Å². The number of amides is 1. The van der Waals surface area contributed by atoms with Gasteiger partial charge in [-0.15, -0.1) is 0 Å². The fraction of sp³-hybridized carbons (Fsp3) is 0.923. The third kappa shape index (κ3) is 3.84. The Labute approximate surface area is 95.0 Å². The maximum absolute atomic E-state index is 11.9. The third-order valence-electron chi connectivity index (χ3n) is 2.90. The topological polar surface area (TPSA) is 20.3 Å². The van der Waals surface area contributed by atoms with Gasteiger partial charge in [-0.05, 0) is 25.2 Å². The van der Waals surface area contributed by atoms with Gasteiger partial charge in [-0.1, -0.05) is 35.1 Å². The lowest BCUT2D eigenvalue weighted by Crippen LogP contribution is -2.38. The second-order valence-electron chi connectivity index (χ2n) is 5.11. The van der Waals surface area contributed by atoms with E-state index in [1.165, 1.54) is 19.3 Å². The van der Waals surface area contributed by atoms with Gasteiger partial charge in [0.1, 0.15) is 0 Å². The van der Waals surface area contributed by atoms with Crippen LogP contribution in [0.2, 0.25) is 0 Å². The zero-order chi connectivity index (χ0) is 10.7. The third-order valence-corrected chi connectivity index (χ3v) is 2.90. The summed E-state index contributed by atoms with van der Waals surface area (Å²) in [7, 11) is 0. The number of likely N-dealkylation sites (tertiary alicyclic amines) is 1. The highest BCUT2D eigenvalue weighted by atomic mass is 16.2. The molecule has 15 heavy (non-hydrogen) atoms. The van der Waals surface area contributed by atoms with E-state index >= 15 is 0 Å². The molecule has 0 aliphatic carbocycles. The van der Waals surface area contributed by atoms with Crippen molar-refractivity contribution < 1.29 is 4.79 Å². The highest BCUT2D eigenvalue weighted by Gasteiger charge is 2.29. The first-order chi connectivity index (χ1) is 6.52. The quantitative estimate of drug-likeness (QED) is 0.704. The minimum atomic E-state index is 0. The zero-order valence-electron chi connectivity index (χ0n) is 9.92. The molecule has 0 radical (unpaired) electrons. The van der Waals surface area contributed by atoms with E-state index in [0.717, 1.165) is 6.54 Å². The average molecular weight is 213 g/mol. The molecule has 0 saturated carbocycles. The lowest BCUT2D eigenvalue weighted by molar-refractivity contribution is -0.135. The van der Waals surface area contributed by atoms with Crippen LogP contribution in [0.15, 0.2) is 0 Å². The molecule has 2 nitrogen and oxygen atoms in total. The van der Waals surface area contributed by atoms with Crippen LogP contribution in [0.1, 0.15) is 54.4 Å². The van der Waals surface area contributed by atoms with Crippen molar-refractivity contribution in [2.24, 2.45) is 11.8 Å². The summed E-state index contributed by atoms with van der Waals surface area (Å²) in [4.78, 5) is 14.0. The normalized spacial score (nSPS) is 20.9. The van der Waals surface area contributed by atoms with Crippen molar-refractivity contribution in [1.82, 2.24) is 4.90 Å². The summed E-state index contributed by atoms with van der Waals surface area (Å²) in [5.41, 5.74) is 0. The Morgan fingerprint density at radius 1 is 1.33 bits per heavy atom. The molecule has 1 heterocycles. The first-order valence-electron chi connectivity index (χ1n) is 5.82. The van der Waals surface area contributed by atoms with Gasteiger partial charge in [-0.2, -0.15) is 0 Å². The summed E-state index contributed by atoms with van der Waals surface area (Å²) in [5, 5.41) is 0. The summed E-state index contributed by atoms with van der Waals surface area (Å²) in [6.07, 6.45) is 3.56. The van der Waals surface area contributed by atoms with Crippen molar-refractivity contribution in [3.63, 3.8) is 0 Å². The maximum atomic E-state index is 11.9. The standard InChI is InChI=1S/C12H23NO.CH4/c1-9(2)8-11-6-5-7-13(11)12(14)10(3)4;/h9-11H,5-8H2,1-4H3;1H4. The fourth-order valence-corrected chi connectivity index (χ4v) is 2.25. The van der Waals surface area contributed by atoms with Crippen LogP contribution in [-0.4, -0.2) is 23.4 Å². The minimum Gasteiger partial charge on any atom is -0.339 e. The first-order valence-corrected chi connectivity index (χ1v) is 5.82. The summed E-state index contributed by atoms with van der Waals surface area (Å²) in [6.45, 7) is 9.43. The van der Waals surface area contributed by atoms with Crippen LogP contribution < -0.4 is 0 Å². The van der Waals surface area contributed by atoms with Gasteiger partial charge in [-0.3, -0.25) is 4.79 Å². The van der Waals surface area contributed by atoms with Crippen molar-refractivity contribution in [3.8, 4) is 0 Å². The molecule has 0 aromatic carbocycles. The van der Waals surface area contributed by atoms with Crippen LogP contribution in [0.3, 0.4) is 0 Å². The second kappa shape index (κ2) is 6.14. The largest absolute Gasteiger partial charge is 0.339 e. The molecule has 0 aromatic rings. The van der Waals surface area contributed by atoms with E-state index < -0.39 is 0 Å². The van der Waals surface area contributed by atoms with E-state index in [-0.39, 0.29) is 13.3 Å². The smallest absolute Gasteiger partial charge is 0.225 e. The zero-order valence-corrected chi connectivity index (χ0v) is 9.92. The first kappa shape index (κ1) is 14.5. The summed E-state index contributed by atoms with van der Waals surface area (Å²) in [6, 6.07) is 0.518. The van der Waals surface area contributed by atoms with Crippen molar-refractivity contribution >= 4 is 5.91 Å². The Morgan fingerprint density at radius 3 is 2.40 bits per heavy atom. The summed E-state index contributed by atoms with van der Waals surface area (Å²) < 4.78 is 0. The van der Waals surface area contributed by atoms with Crippen LogP contribution in [-0.2, 0) is 4.79 Å². The van der Waals surface area contributed by atoms with E-state index in [2.05, 4.69) is 18.7 Å². The van der Waals surface area contributed by atoms with E-state index in [4.69, 9.17) is 0 Å². The number of rotatable bonds is 3. The van der Waals surface area contributed by atoms with E-state index in [0.29, 0.717) is 17.9 Å². The van der Waals surface area contributed by atoms with E-state index in [9.17, 15) is 4.79 Å². The molecule has 1 fully saturated rings. The number of nitrogens with zero attached hydrogens (tertiary/aromatic N) is 1. The average Bonchev–Trinajstić information content (AvgIpc) is 2.49. The molecule has 1 atom stereocenters. The van der Waals surface area contributed by atoms with E-state index in [1.54, 1.807) is 0 Å². The maximum Gasteiger partial charge on any atom is 0.225 e. The Balaban J connectivity index is 0.00000196. The monoisotopic (exact) mass is 213 g/mol. The molecule has 0 aromatic heterocycles. The van der Waals surface area contributed by atoms with Crippen LogP contribution in [0.25, 0.3) is 0 Å². The van der Waals surface area contributed by atoms with Gasteiger partial charge in [0, 0.05) is 18.5 Å². The molecule has 0 spiro atoms. The Hall–Kier alpha value is -0.530. The van der Waals surface area contributed by atoms with Crippen LogP contribution in [0.4, 0.5) is 0 Å². The number of hydrogen-bond acceptors (Lipinski definition) is 1. The van der Waals surface area contributed by atoms with Gasteiger partial charge >= 0.3 is 0 Å². The Kier molecular flexibility index (Phi) is 5.92. The summed E-state index contributed by atoms with van der Waals surface area (Å²) in [5.74, 6) is 1.19. The molecule has 90 valence electrons.